The topological polar surface area (TPSA) is 44.5 Å². The molecule has 0 amide bonds. The molecule has 0 bridgehead atoms. The van der Waals surface area contributed by atoms with Crippen molar-refractivity contribution in [3.8, 4) is 22.5 Å². The van der Waals surface area contributed by atoms with Crippen LogP contribution in [0.25, 0.3) is 78.2 Å². The Kier molecular flexibility index (Phi) is 4.63. The van der Waals surface area contributed by atoms with Crippen molar-refractivity contribution < 1.29 is 0 Å². The van der Waals surface area contributed by atoms with Crippen LogP contribution in [0.1, 0.15) is 0 Å². The summed E-state index contributed by atoms with van der Waals surface area (Å²) in [5.74, 6) is 1.82. The van der Waals surface area contributed by atoms with Crippen molar-refractivity contribution in [1.82, 2.24) is 27.9 Å². The highest BCUT2D eigenvalue weighted by atomic mass is 15.2. The minimum Gasteiger partial charge on any atom is -0.278 e. The highest BCUT2D eigenvalue weighted by molar-refractivity contribution is 5.93. The first kappa shape index (κ1) is 23.4. The molecule has 4 heterocycles. The summed E-state index contributed by atoms with van der Waals surface area (Å²) in [6.07, 6.45) is 0. The zero-order valence-electron chi connectivity index (χ0n) is 23.5. The third-order valence-corrected chi connectivity index (χ3v) is 8.76. The van der Waals surface area contributed by atoms with E-state index in [4.69, 9.17) is 9.97 Å². The van der Waals surface area contributed by atoms with Crippen LogP contribution >= 0.6 is 0 Å². The van der Waals surface area contributed by atoms with Crippen molar-refractivity contribution in [2.45, 2.75) is 0 Å². The maximum Gasteiger partial charge on any atom is 0.220 e. The summed E-state index contributed by atoms with van der Waals surface area (Å²) in [5, 5.41) is 0. The molecule has 6 heteroatoms. The van der Waals surface area contributed by atoms with Crippen molar-refractivity contribution in [2.75, 3.05) is 0 Å². The van der Waals surface area contributed by atoms with Gasteiger partial charge in [0.15, 0.2) is 0 Å². The monoisotopic (exact) mass is 564 g/mol. The Bertz CT molecular complexity index is 2540. The number of fused-ring (bicyclic) bond motifs is 10. The Morgan fingerprint density at radius 2 is 0.727 bits per heavy atom. The van der Waals surface area contributed by atoms with E-state index in [1.807, 2.05) is 12.1 Å². The summed E-state index contributed by atoms with van der Waals surface area (Å²) in [4.78, 5) is 10.1. The van der Waals surface area contributed by atoms with Crippen LogP contribution in [0.4, 0.5) is 0 Å². The molecule has 0 saturated heterocycles. The summed E-state index contributed by atoms with van der Waals surface area (Å²) in [5.41, 5.74) is 13.1. The fourth-order valence-corrected chi connectivity index (χ4v) is 6.86. The SMILES string of the molecule is c1cc(-c2cccc(-n3c4ccccc4n4c5ccccc5nc34)c2)cc(-n2c3ccccc3n3c4ccccc4nc23)c1. The van der Waals surface area contributed by atoms with Gasteiger partial charge in [0.25, 0.3) is 0 Å². The maximum absolute atomic E-state index is 5.07. The molecule has 0 fully saturated rings. The number of hydrogen-bond donors (Lipinski definition) is 0. The summed E-state index contributed by atoms with van der Waals surface area (Å²) in [7, 11) is 0. The summed E-state index contributed by atoms with van der Waals surface area (Å²) < 4.78 is 9.05. The first-order valence-corrected chi connectivity index (χ1v) is 14.8. The van der Waals surface area contributed by atoms with Crippen molar-refractivity contribution in [2.24, 2.45) is 0 Å². The van der Waals surface area contributed by atoms with Crippen LogP contribution in [-0.4, -0.2) is 27.9 Å². The molecule has 44 heavy (non-hydrogen) atoms. The first-order chi connectivity index (χ1) is 21.8. The highest BCUT2D eigenvalue weighted by Gasteiger charge is 2.19. The summed E-state index contributed by atoms with van der Waals surface area (Å²) in [6, 6.07) is 51.2. The van der Waals surface area contributed by atoms with Gasteiger partial charge in [0.2, 0.25) is 11.6 Å². The zero-order chi connectivity index (χ0) is 28.8. The number of rotatable bonds is 3. The molecule has 0 saturated carbocycles. The molecular formula is C38H24N6. The van der Waals surface area contributed by atoms with Crippen molar-refractivity contribution in [3.05, 3.63) is 146 Å². The van der Waals surface area contributed by atoms with Crippen LogP contribution in [0.5, 0.6) is 0 Å². The van der Waals surface area contributed by atoms with Crippen molar-refractivity contribution >= 4 is 55.7 Å². The Labute approximate surface area is 251 Å². The normalized spacial score (nSPS) is 12.1. The fraction of sp³-hybridized carbons (Fsp3) is 0. The number of hydrogen-bond acceptors (Lipinski definition) is 2. The van der Waals surface area contributed by atoms with E-state index < -0.39 is 0 Å². The molecule has 0 N–H and O–H groups in total. The van der Waals surface area contributed by atoms with Crippen molar-refractivity contribution in [3.63, 3.8) is 0 Å². The number of para-hydroxylation sites is 8. The molecule has 206 valence electrons. The molecule has 0 spiro atoms. The van der Waals surface area contributed by atoms with Gasteiger partial charge in [0, 0.05) is 11.4 Å². The Hall–Kier alpha value is -6.14. The van der Waals surface area contributed by atoms with E-state index in [0.29, 0.717) is 0 Å². The van der Waals surface area contributed by atoms with Gasteiger partial charge < -0.3 is 0 Å². The predicted octanol–water partition coefficient (Wildman–Crippen LogP) is 8.84. The second kappa shape index (κ2) is 8.69. The van der Waals surface area contributed by atoms with Gasteiger partial charge in [-0.1, -0.05) is 72.8 Å². The summed E-state index contributed by atoms with van der Waals surface area (Å²) in [6.45, 7) is 0. The van der Waals surface area contributed by atoms with Gasteiger partial charge in [-0.05, 0) is 83.9 Å². The van der Waals surface area contributed by atoms with Gasteiger partial charge in [0.1, 0.15) is 0 Å². The van der Waals surface area contributed by atoms with Gasteiger partial charge in [-0.2, -0.15) is 0 Å². The molecule has 0 unspecified atom stereocenters. The Morgan fingerprint density at radius 3 is 1.18 bits per heavy atom. The van der Waals surface area contributed by atoms with E-state index in [0.717, 1.165) is 78.2 Å². The molecule has 0 atom stereocenters. The second-order valence-corrected chi connectivity index (χ2v) is 11.2. The van der Waals surface area contributed by atoms with Gasteiger partial charge in [-0.25, -0.2) is 9.97 Å². The maximum atomic E-state index is 5.07. The number of aromatic nitrogens is 6. The van der Waals surface area contributed by atoms with E-state index >= 15 is 0 Å². The van der Waals surface area contributed by atoms with E-state index in [-0.39, 0.29) is 0 Å². The van der Waals surface area contributed by atoms with Crippen LogP contribution in [0.15, 0.2) is 146 Å². The second-order valence-electron chi connectivity index (χ2n) is 11.2. The van der Waals surface area contributed by atoms with Crippen molar-refractivity contribution in [1.29, 1.82) is 0 Å². The predicted molar refractivity (Wildman–Crippen MR) is 178 cm³/mol. The first-order valence-electron chi connectivity index (χ1n) is 14.8. The van der Waals surface area contributed by atoms with E-state index in [1.165, 1.54) is 0 Å². The third-order valence-electron chi connectivity index (χ3n) is 8.76. The number of imidazole rings is 4. The van der Waals surface area contributed by atoms with Gasteiger partial charge in [-0.15, -0.1) is 0 Å². The van der Waals surface area contributed by atoms with Gasteiger partial charge in [-0.3, -0.25) is 17.9 Å². The number of nitrogens with zero attached hydrogens (tertiary/aromatic N) is 6. The minimum absolute atomic E-state index is 0.908. The largest absolute Gasteiger partial charge is 0.278 e. The molecule has 10 aromatic rings. The average Bonchev–Trinajstić information content (AvgIpc) is 3.81. The summed E-state index contributed by atoms with van der Waals surface area (Å²) >= 11 is 0. The smallest absolute Gasteiger partial charge is 0.220 e. The molecule has 0 radical (unpaired) electrons. The molecule has 0 aliphatic heterocycles. The lowest BCUT2D eigenvalue weighted by atomic mass is 10.0. The lowest BCUT2D eigenvalue weighted by molar-refractivity contribution is 1.11. The quantitative estimate of drug-likeness (QED) is 0.215. The molecular weight excluding hydrogens is 540 g/mol. The van der Waals surface area contributed by atoms with Crippen LogP contribution in [0.2, 0.25) is 0 Å². The van der Waals surface area contributed by atoms with Gasteiger partial charge >= 0.3 is 0 Å². The Morgan fingerprint density at radius 1 is 0.341 bits per heavy atom. The molecule has 0 aliphatic carbocycles. The third kappa shape index (κ3) is 3.14. The minimum atomic E-state index is 0.908. The molecule has 10 rings (SSSR count). The molecule has 6 aromatic carbocycles. The zero-order valence-corrected chi connectivity index (χ0v) is 23.5. The molecule has 0 aliphatic rings. The lowest BCUT2D eigenvalue weighted by Gasteiger charge is -2.11. The standard InChI is InChI=1S/C38H24N6/c1-3-17-31-29(15-1)39-37-41(33-19-5-7-21-35(33)43(31)37)27-13-9-11-25(23-27)26-12-10-14-28(24-26)42-34-20-6-8-22-36(34)44-32-18-4-2-16-30(32)40-38(42)44/h1-24H. The Balaban J connectivity index is 1.18. The van der Waals surface area contributed by atoms with E-state index in [2.05, 4.69) is 151 Å². The van der Waals surface area contributed by atoms with Crippen LogP contribution in [0.3, 0.4) is 0 Å². The van der Waals surface area contributed by atoms with Crippen LogP contribution in [-0.2, 0) is 0 Å². The average molecular weight is 565 g/mol. The highest BCUT2D eigenvalue weighted by Crippen LogP contribution is 2.33. The van der Waals surface area contributed by atoms with Crippen LogP contribution in [0, 0.1) is 0 Å². The van der Waals surface area contributed by atoms with E-state index in [9.17, 15) is 0 Å². The van der Waals surface area contributed by atoms with Gasteiger partial charge in [0.05, 0.1) is 44.1 Å². The fourth-order valence-electron chi connectivity index (χ4n) is 6.86. The lowest BCUT2D eigenvalue weighted by Crippen LogP contribution is -1.97. The molecule has 6 nitrogen and oxygen atoms in total. The molecule has 4 aromatic heterocycles. The number of benzene rings is 6. The van der Waals surface area contributed by atoms with E-state index in [1.54, 1.807) is 0 Å². The van der Waals surface area contributed by atoms with Crippen LogP contribution < -0.4 is 0 Å².